The Morgan fingerprint density at radius 1 is 1.35 bits per heavy atom. The Balaban J connectivity index is 2.52. The minimum absolute atomic E-state index is 0.0608. The zero-order valence-corrected chi connectivity index (χ0v) is 12.4. The lowest BCUT2D eigenvalue weighted by atomic mass is 10.0. The minimum Gasteiger partial charge on any atom is -0.481 e. The number of aryl methyl sites for hydroxylation is 2. The molecule has 1 aromatic rings. The van der Waals surface area contributed by atoms with Gasteiger partial charge in [-0.25, -0.2) is 0 Å². The first-order valence-corrected chi connectivity index (χ1v) is 6.74. The largest absolute Gasteiger partial charge is 0.481 e. The van der Waals surface area contributed by atoms with Gasteiger partial charge in [0.25, 0.3) is 0 Å². The summed E-state index contributed by atoms with van der Waals surface area (Å²) in [5.74, 6) is -0.255. The van der Waals surface area contributed by atoms with E-state index in [1.807, 2.05) is 27.7 Å². The molecule has 1 unspecified atom stereocenters. The van der Waals surface area contributed by atoms with Crippen LogP contribution in [-0.2, 0) is 16.0 Å². The van der Waals surface area contributed by atoms with Crippen molar-refractivity contribution in [2.75, 3.05) is 0 Å². The van der Waals surface area contributed by atoms with Crippen LogP contribution < -0.4 is 5.32 Å². The molecule has 0 saturated heterocycles. The Bertz CT molecular complexity index is 460. The molecule has 0 aliphatic rings. The van der Waals surface area contributed by atoms with Crippen molar-refractivity contribution >= 4 is 11.9 Å². The van der Waals surface area contributed by atoms with Crippen molar-refractivity contribution in [3.63, 3.8) is 0 Å². The number of aliphatic carboxylic acids is 1. The maximum Gasteiger partial charge on any atom is 0.305 e. The van der Waals surface area contributed by atoms with E-state index in [4.69, 9.17) is 9.63 Å². The molecule has 0 bridgehead atoms. The number of carboxylic acid groups (broad SMARTS) is 1. The lowest BCUT2D eigenvalue weighted by Crippen LogP contribution is -2.40. The van der Waals surface area contributed by atoms with E-state index in [1.54, 1.807) is 0 Å². The summed E-state index contributed by atoms with van der Waals surface area (Å²) < 4.78 is 5.04. The van der Waals surface area contributed by atoms with Gasteiger partial charge < -0.3 is 14.9 Å². The number of hydrogen-bond acceptors (Lipinski definition) is 4. The second-order valence-electron chi connectivity index (χ2n) is 5.32. The molecule has 20 heavy (non-hydrogen) atoms. The van der Waals surface area contributed by atoms with Gasteiger partial charge in [0, 0.05) is 18.0 Å². The number of nitrogens with one attached hydrogen (secondary N) is 1. The van der Waals surface area contributed by atoms with E-state index < -0.39 is 5.97 Å². The van der Waals surface area contributed by atoms with Crippen LogP contribution in [0.1, 0.15) is 43.7 Å². The van der Waals surface area contributed by atoms with Gasteiger partial charge in [-0.05, 0) is 26.2 Å². The predicted octanol–water partition coefficient (Wildman–Crippen LogP) is 1.84. The zero-order valence-electron chi connectivity index (χ0n) is 12.4. The molecule has 1 heterocycles. The van der Waals surface area contributed by atoms with E-state index in [0.717, 1.165) is 17.0 Å². The van der Waals surface area contributed by atoms with E-state index >= 15 is 0 Å². The number of carbonyl (C=O) groups excluding carboxylic acids is 1. The number of amides is 1. The molecular weight excluding hydrogens is 260 g/mol. The van der Waals surface area contributed by atoms with E-state index in [-0.39, 0.29) is 24.3 Å². The second-order valence-corrected chi connectivity index (χ2v) is 5.32. The van der Waals surface area contributed by atoms with Crippen molar-refractivity contribution in [1.29, 1.82) is 0 Å². The number of rotatable bonds is 7. The Labute approximate surface area is 118 Å². The van der Waals surface area contributed by atoms with Gasteiger partial charge in [-0.3, -0.25) is 9.59 Å². The summed E-state index contributed by atoms with van der Waals surface area (Å²) in [5.41, 5.74) is 1.74. The highest BCUT2D eigenvalue weighted by Crippen LogP contribution is 2.14. The average molecular weight is 282 g/mol. The SMILES string of the molecule is Cc1noc(C)c1CCC(=O)NC(CC(=O)O)C(C)C. The van der Waals surface area contributed by atoms with Crippen molar-refractivity contribution in [1.82, 2.24) is 10.5 Å². The smallest absolute Gasteiger partial charge is 0.305 e. The number of aromatic nitrogens is 1. The van der Waals surface area contributed by atoms with Crippen LogP contribution in [0.2, 0.25) is 0 Å². The third-order valence-corrected chi connectivity index (χ3v) is 3.33. The van der Waals surface area contributed by atoms with Gasteiger partial charge in [0.2, 0.25) is 5.91 Å². The fraction of sp³-hybridized carbons (Fsp3) is 0.643. The summed E-state index contributed by atoms with van der Waals surface area (Å²) in [6.07, 6.45) is 0.783. The molecule has 0 aliphatic carbocycles. The molecule has 0 spiro atoms. The summed E-state index contributed by atoms with van der Waals surface area (Å²) >= 11 is 0. The van der Waals surface area contributed by atoms with E-state index in [1.165, 1.54) is 0 Å². The maximum absolute atomic E-state index is 11.9. The van der Waals surface area contributed by atoms with Crippen molar-refractivity contribution in [2.45, 2.75) is 53.0 Å². The van der Waals surface area contributed by atoms with Gasteiger partial charge in [-0.2, -0.15) is 0 Å². The molecule has 0 saturated carbocycles. The molecule has 6 heteroatoms. The predicted molar refractivity (Wildman–Crippen MR) is 73.3 cm³/mol. The standard InChI is InChI=1S/C14H22N2O4/c1-8(2)12(7-14(18)19)15-13(17)6-5-11-9(3)16-20-10(11)4/h8,12H,5-7H2,1-4H3,(H,15,17)(H,18,19). The molecule has 2 N–H and O–H groups in total. The molecule has 1 atom stereocenters. The van der Waals surface area contributed by atoms with Gasteiger partial charge in [0.05, 0.1) is 12.1 Å². The van der Waals surface area contributed by atoms with Crippen molar-refractivity contribution < 1.29 is 19.2 Å². The van der Waals surface area contributed by atoms with Crippen molar-refractivity contribution in [3.05, 3.63) is 17.0 Å². The van der Waals surface area contributed by atoms with Crippen LogP contribution in [0, 0.1) is 19.8 Å². The highest BCUT2D eigenvalue weighted by molar-refractivity contribution is 5.77. The van der Waals surface area contributed by atoms with E-state index in [2.05, 4.69) is 10.5 Å². The van der Waals surface area contributed by atoms with Gasteiger partial charge >= 0.3 is 5.97 Å². The maximum atomic E-state index is 11.9. The fourth-order valence-electron chi connectivity index (χ4n) is 2.02. The highest BCUT2D eigenvalue weighted by atomic mass is 16.5. The molecule has 0 radical (unpaired) electrons. The summed E-state index contributed by atoms with van der Waals surface area (Å²) in [7, 11) is 0. The summed E-state index contributed by atoms with van der Waals surface area (Å²) in [5, 5.41) is 15.4. The van der Waals surface area contributed by atoms with E-state index in [9.17, 15) is 9.59 Å². The van der Waals surface area contributed by atoms with Gasteiger partial charge in [-0.1, -0.05) is 19.0 Å². The number of hydrogen-bond donors (Lipinski definition) is 2. The topological polar surface area (TPSA) is 92.4 Å². The van der Waals surface area contributed by atoms with Gasteiger partial charge in [0.1, 0.15) is 5.76 Å². The van der Waals surface area contributed by atoms with Crippen LogP contribution in [0.4, 0.5) is 0 Å². The van der Waals surface area contributed by atoms with Crippen LogP contribution in [0.25, 0.3) is 0 Å². The first kappa shape index (κ1) is 16.2. The summed E-state index contributed by atoms with van der Waals surface area (Å²) in [6, 6.07) is -0.343. The van der Waals surface area contributed by atoms with Crippen LogP contribution in [-0.4, -0.2) is 28.2 Å². The third kappa shape index (κ3) is 4.68. The Hall–Kier alpha value is -1.85. The average Bonchev–Trinajstić information content (AvgIpc) is 2.65. The Morgan fingerprint density at radius 2 is 2.00 bits per heavy atom. The molecule has 1 aromatic heterocycles. The number of carboxylic acids is 1. The Morgan fingerprint density at radius 3 is 2.45 bits per heavy atom. The second kappa shape index (κ2) is 7.07. The molecule has 0 aliphatic heterocycles. The Kier molecular flexibility index (Phi) is 5.73. The quantitative estimate of drug-likeness (QED) is 0.796. The molecule has 1 rings (SSSR count). The lowest BCUT2D eigenvalue weighted by Gasteiger charge is -2.20. The van der Waals surface area contributed by atoms with Gasteiger partial charge in [-0.15, -0.1) is 0 Å². The molecule has 6 nitrogen and oxygen atoms in total. The van der Waals surface area contributed by atoms with Crippen LogP contribution in [0.5, 0.6) is 0 Å². The van der Waals surface area contributed by atoms with Crippen LogP contribution in [0.15, 0.2) is 4.52 Å². The molecule has 1 amide bonds. The highest BCUT2D eigenvalue weighted by Gasteiger charge is 2.20. The molecule has 112 valence electrons. The van der Waals surface area contributed by atoms with Crippen molar-refractivity contribution in [3.8, 4) is 0 Å². The fourth-order valence-corrected chi connectivity index (χ4v) is 2.02. The number of nitrogens with zero attached hydrogens (tertiary/aromatic N) is 1. The summed E-state index contributed by atoms with van der Waals surface area (Å²) in [6.45, 7) is 7.43. The van der Waals surface area contributed by atoms with Gasteiger partial charge in [0.15, 0.2) is 0 Å². The number of carbonyl (C=O) groups is 2. The van der Waals surface area contributed by atoms with Crippen molar-refractivity contribution in [2.24, 2.45) is 5.92 Å². The molecule has 0 fully saturated rings. The van der Waals surface area contributed by atoms with Crippen LogP contribution in [0.3, 0.4) is 0 Å². The third-order valence-electron chi connectivity index (χ3n) is 3.33. The zero-order chi connectivity index (χ0) is 15.3. The minimum atomic E-state index is -0.908. The lowest BCUT2D eigenvalue weighted by molar-refractivity contribution is -0.138. The molecular formula is C14H22N2O4. The molecule has 0 aromatic carbocycles. The first-order valence-electron chi connectivity index (χ1n) is 6.74. The normalized spacial score (nSPS) is 12.4. The van der Waals surface area contributed by atoms with Crippen LogP contribution >= 0.6 is 0 Å². The monoisotopic (exact) mass is 282 g/mol. The van der Waals surface area contributed by atoms with E-state index in [0.29, 0.717) is 12.8 Å². The first-order chi connectivity index (χ1) is 9.31. The summed E-state index contributed by atoms with van der Waals surface area (Å²) in [4.78, 5) is 22.7.